The van der Waals surface area contributed by atoms with E-state index in [-0.39, 0.29) is 21.2 Å². The Hall–Kier alpha value is -0.830. The second-order valence-electron chi connectivity index (χ2n) is 4.27. The van der Waals surface area contributed by atoms with Gasteiger partial charge in [-0.25, -0.2) is 0 Å². The normalized spacial score (nSPS) is 10.5. The minimum Gasteiger partial charge on any atom is -0.0651 e. The topological polar surface area (TPSA) is 0 Å². The summed E-state index contributed by atoms with van der Waals surface area (Å²) in [5.41, 5.74) is 2.81. The van der Waals surface area contributed by atoms with E-state index in [9.17, 15) is 0 Å². The van der Waals surface area contributed by atoms with Crippen molar-refractivity contribution < 1.29 is 21.2 Å². The Morgan fingerprint density at radius 2 is 1.35 bits per heavy atom. The number of hydrogen-bond acceptors (Lipinski definition) is 0. The number of rotatable bonds is 4. The summed E-state index contributed by atoms with van der Waals surface area (Å²) in [5.74, 6) is 0. The summed E-state index contributed by atoms with van der Waals surface area (Å²) in [6.45, 7) is 4.37. The molecule has 0 spiro atoms. The van der Waals surface area contributed by atoms with Crippen molar-refractivity contribution in [1.82, 2.24) is 0 Å². The van der Waals surface area contributed by atoms with Gasteiger partial charge in [0.2, 0.25) is 0 Å². The van der Waals surface area contributed by atoms with Gasteiger partial charge in [0, 0.05) is 0 Å². The molecule has 0 unspecified atom stereocenters. The van der Waals surface area contributed by atoms with Crippen LogP contribution < -0.4 is 21.2 Å². The van der Waals surface area contributed by atoms with Crippen LogP contribution >= 0.6 is 0 Å². The maximum Gasteiger partial charge on any atom is 0.357 e. The zero-order valence-electron chi connectivity index (χ0n) is 10.4. The first-order chi connectivity index (χ1) is 8.28. The lowest BCUT2D eigenvalue weighted by Gasteiger charge is -1.95. The number of aryl methyl sites for hydroxylation is 2. The SMILES string of the molecule is CCCc1ccc([I+]c2ccc(C)cc2)cc1. The minimum atomic E-state index is -0.00664. The molecule has 0 radical (unpaired) electrons. The maximum atomic E-state index is 2.30. The first kappa shape index (κ1) is 12.6. The molecule has 0 N–H and O–H groups in total. The highest BCUT2D eigenvalue weighted by atomic mass is 127. The Kier molecular flexibility index (Phi) is 4.60. The molecule has 0 atom stereocenters. The van der Waals surface area contributed by atoms with E-state index in [4.69, 9.17) is 0 Å². The predicted molar refractivity (Wildman–Crippen MR) is 69.0 cm³/mol. The summed E-state index contributed by atoms with van der Waals surface area (Å²) >= 11 is -0.00664. The van der Waals surface area contributed by atoms with Gasteiger partial charge >= 0.3 is 21.2 Å². The van der Waals surface area contributed by atoms with E-state index < -0.39 is 0 Å². The quantitative estimate of drug-likeness (QED) is 0.733. The fraction of sp³-hybridized carbons (Fsp3) is 0.250. The molecular formula is C16H18I+. The highest BCUT2D eigenvalue weighted by Gasteiger charge is 2.14. The molecule has 2 rings (SSSR count). The highest BCUT2D eigenvalue weighted by Crippen LogP contribution is 2.01. The van der Waals surface area contributed by atoms with Crippen LogP contribution in [-0.4, -0.2) is 0 Å². The van der Waals surface area contributed by atoms with E-state index in [0.717, 1.165) is 0 Å². The van der Waals surface area contributed by atoms with Crippen LogP contribution in [0.2, 0.25) is 0 Å². The Morgan fingerprint density at radius 3 is 1.88 bits per heavy atom. The summed E-state index contributed by atoms with van der Waals surface area (Å²) in [7, 11) is 0. The van der Waals surface area contributed by atoms with Crippen LogP contribution in [0.5, 0.6) is 0 Å². The van der Waals surface area contributed by atoms with Gasteiger partial charge in [0.05, 0.1) is 0 Å². The second-order valence-corrected chi connectivity index (χ2v) is 7.30. The molecule has 0 aliphatic carbocycles. The van der Waals surface area contributed by atoms with Gasteiger partial charge in [-0.2, -0.15) is 0 Å². The summed E-state index contributed by atoms with van der Waals surface area (Å²) in [5, 5.41) is 0. The van der Waals surface area contributed by atoms with Gasteiger partial charge in [-0.15, -0.1) is 0 Å². The average Bonchev–Trinajstić information content (AvgIpc) is 2.35. The molecule has 0 aromatic heterocycles. The zero-order valence-corrected chi connectivity index (χ0v) is 12.6. The lowest BCUT2D eigenvalue weighted by atomic mass is 10.1. The Bertz CT molecular complexity index is 454. The predicted octanol–water partition coefficient (Wildman–Crippen LogP) is 1.08. The van der Waals surface area contributed by atoms with Crippen LogP contribution in [0.3, 0.4) is 0 Å². The Morgan fingerprint density at radius 1 is 0.824 bits per heavy atom. The number of benzene rings is 2. The van der Waals surface area contributed by atoms with Crippen LogP contribution in [0.1, 0.15) is 24.5 Å². The van der Waals surface area contributed by atoms with Crippen LogP contribution in [0, 0.1) is 14.1 Å². The van der Waals surface area contributed by atoms with Crippen molar-refractivity contribution >= 4 is 0 Å². The van der Waals surface area contributed by atoms with Crippen molar-refractivity contribution in [2.45, 2.75) is 26.7 Å². The molecule has 17 heavy (non-hydrogen) atoms. The second kappa shape index (κ2) is 6.20. The molecule has 0 heterocycles. The van der Waals surface area contributed by atoms with E-state index in [1.165, 1.54) is 31.1 Å². The van der Waals surface area contributed by atoms with Gasteiger partial charge in [0.1, 0.15) is 0 Å². The van der Waals surface area contributed by atoms with Gasteiger partial charge < -0.3 is 0 Å². The molecule has 1 heteroatoms. The average molecular weight is 337 g/mol. The molecule has 0 bridgehead atoms. The van der Waals surface area contributed by atoms with Crippen LogP contribution in [-0.2, 0) is 6.42 Å². The molecule has 0 saturated carbocycles. The van der Waals surface area contributed by atoms with Gasteiger partial charge in [-0.1, -0.05) is 43.2 Å². The Labute approximate surface area is 114 Å². The molecule has 88 valence electrons. The molecule has 2 aromatic rings. The fourth-order valence-electron chi connectivity index (χ4n) is 1.72. The standard InChI is InChI=1S/C16H18I/c1-3-4-14-7-11-16(12-8-14)17-15-9-5-13(2)6-10-15/h5-12H,3-4H2,1-2H3/q+1. The van der Waals surface area contributed by atoms with Crippen LogP contribution in [0.25, 0.3) is 0 Å². The molecule has 0 aliphatic heterocycles. The van der Waals surface area contributed by atoms with Crippen LogP contribution in [0.4, 0.5) is 0 Å². The fourth-order valence-corrected chi connectivity index (χ4v) is 3.88. The first-order valence-electron chi connectivity index (χ1n) is 6.08. The van der Waals surface area contributed by atoms with Crippen molar-refractivity contribution in [1.29, 1.82) is 0 Å². The van der Waals surface area contributed by atoms with Crippen molar-refractivity contribution in [2.75, 3.05) is 0 Å². The van der Waals surface area contributed by atoms with E-state index >= 15 is 0 Å². The lowest BCUT2D eigenvalue weighted by molar-refractivity contribution is -0.597. The van der Waals surface area contributed by atoms with Gasteiger partial charge in [0.15, 0.2) is 7.14 Å². The third-order valence-corrected chi connectivity index (χ3v) is 5.37. The largest absolute Gasteiger partial charge is 0.357 e. The van der Waals surface area contributed by atoms with E-state index in [0.29, 0.717) is 0 Å². The summed E-state index contributed by atoms with van der Waals surface area (Å²) in [6.07, 6.45) is 2.43. The molecule has 0 nitrogen and oxygen atoms in total. The van der Waals surface area contributed by atoms with Crippen molar-refractivity contribution in [3.63, 3.8) is 0 Å². The van der Waals surface area contributed by atoms with Gasteiger partial charge in [-0.05, 0) is 43.2 Å². The zero-order chi connectivity index (χ0) is 12.1. The molecule has 0 saturated heterocycles. The minimum absolute atomic E-state index is 0.00664. The molecule has 0 aliphatic rings. The summed E-state index contributed by atoms with van der Waals surface area (Å²) in [6, 6.07) is 18.1. The lowest BCUT2D eigenvalue weighted by Crippen LogP contribution is -3.61. The highest BCUT2D eigenvalue weighted by molar-refractivity contribution is 5.15. The third kappa shape index (κ3) is 3.84. The van der Waals surface area contributed by atoms with E-state index in [1.807, 2.05) is 0 Å². The van der Waals surface area contributed by atoms with Crippen molar-refractivity contribution in [3.8, 4) is 0 Å². The maximum absolute atomic E-state index is 2.30. The van der Waals surface area contributed by atoms with Crippen molar-refractivity contribution in [3.05, 3.63) is 66.8 Å². The number of halogens is 1. The Balaban J connectivity index is 2.05. The van der Waals surface area contributed by atoms with Crippen molar-refractivity contribution in [2.24, 2.45) is 0 Å². The summed E-state index contributed by atoms with van der Waals surface area (Å²) < 4.78 is 3.00. The molecular weight excluding hydrogens is 319 g/mol. The molecule has 0 fully saturated rings. The van der Waals surface area contributed by atoms with E-state index in [2.05, 4.69) is 62.4 Å². The van der Waals surface area contributed by atoms with E-state index in [1.54, 1.807) is 0 Å². The number of hydrogen-bond donors (Lipinski definition) is 0. The summed E-state index contributed by atoms with van der Waals surface area (Å²) in [4.78, 5) is 0. The van der Waals surface area contributed by atoms with Gasteiger partial charge in [0.25, 0.3) is 0 Å². The molecule has 2 aromatic carbocycles. The third-order valence-electron chi connectivity index (χ3n) is 2.68. The van der Waals surface area contributed by atoms with Gasteiger partial charge in [-0.3, -0.25) is 0 Å². The smallest absolute Gasteiger partial charge is 0.0651 e. The molecule has 0 amide bonds. The first-order valence-corrected chi connectivity index (χ1v) is 8.24. The van der Waals surface area contributed by atoms with Crippen LogP contribution in [0.15, 0.2) is 48.5 Å². The monoisotopic (exact) mass is 337 g/mol.